The molecule has 3 amide bonds. The normalized spacial score (nSPS) is 25.1. The fraction of sp³-hybridized carbons (Fsp3) is 0.577. The lowest BCUT2D eigenvalue weighted by molar-refractivity contribution is -0.142. The van der Waals surface area contributed by atoms with E-state index in [1.807, 2.05) is 43.0 Å². The number of urea groups is 1. The van der Waals surface area contributed by atoms with Crippen molar-refractivity contribution in [1.29, 1.82) is 0 Å². The first-order chi connectivity index (χ1) is 16.5. The van der Waals surface area contributed by atoms with Gasteiger partial charge < -0.3 is 18.8 Å². The number of nitrogens with zero attached hydrogens (tertiary/aromatic N) is 3. The van der Waals surface area contributed by atoms with E-state index in [-0.39, 0.29) is 30.0 Å². The monoisotopic (exact) mass is 467 g/mol. The Hall–Kier alpha value is -2.87. The van der Waals surface area contributed by atoms with Crippen LogP contribution < -0.4 is 4.74 Å². The average molecular weight is 468 g/mol. The summed E-state index contributed by atoms with van der Waals surface area (Å²) >= 11 is 0. The number of carbonyl (C=O) groups is 2. The molecule has 8 heteroatoms. The van der Waals surface area contributed by atoms with Gasteiger partial charge in [0.05, 0.1) is 31.7 Å². The van der Waals surface area contributed by atoms with Crippen LogP contribution in [0, 0.1) is 12.8 Å². The van der Waals surface area contributed by atoms with Gasteiger partial charge in [-0.3, -0.25) is 9.69 Å². The fourth-order valence-corrected chi connectivity index (χ4v) is 5.43. The maximum absolute atomic E-state index is 13.6. The van der Waals surface area contributed by atoms with E-state index < -0.39 is 0 Å². The lowest BCUT2D eigenvalue weighted by atomic mass is 9.81. The maximum atomic E-state index is 13.6. The van der Waals surface area contributed by atoms with Crippen LogP contribution in [0.5, 0.6) is 5.75 Å². The van der Waals surface area contributed by atoms with Crippen LogP contribution in [0.15, 0.2) is 28.7 Å². The van der Waals surface area contributed by atoms with Crippen molar-refractivity contribution < 1.29 is 23.5 Å². The van der Waals surface area contributed by atoms with Gasteiger partial charge in [-0.05, 0) is 63.8 Å². The van der Waals surface area contributed by atoms with Gasteiger partial charge in [0.15, 0.2) is 0 Å². The molecule has 182 valence electrons. The van der Waals surface area contributed by atoms with Crippen LogP contribution in [0.1, 0.15) is 56.9 Å². The number of hydrogen-bond donors (Lipinski definition) is 0. The van der Waals surface area contributed by atoms with Gasteiger partial charge in [-0.15, -0.1) is 0 Å². The van der Waals surface area contributed by atoms with Crippen LogP contribution >= 0.6 is 0 Å². The number of amides is 3. The predicted molar refractivity (Wildman–Crippen MR) is 125 cm³/mol. The number of fused-ring (bicyclic) bond motifs is 1. The first-order valence-electron chi connectivity index (χ1n) is 12.5. The van der Waals surface area contributed by atoms with Gasteiger partial charge in [0.2, 0.25) is 11.8 Å². The molecule has 3 fully saturated rings. The molecule has 5 rings (SSSR count). The van der Waals surface area contributed by atoms with E-state index in [2.05, 4.69) is 0 Å². The molecule has 0 bridgehead atoms. The van der Waals surface area contributed by atoms with Gasteiger partial charge in [0.1, 0.15) is 17.2 Å². The third-order valence-electron chi connectivity index (χ3n) is 7.22. The number of hydrogen-bond acceptors (Lipinski definition) is 6. The lowest BCUT2D eigenvalue weighted by Gasteiger charge is -2.47. The first-order valence-corrected chi connectivity index (χ1v) is 12.5. The Labute approximate surface area is 200 Å². The van der Waals surface area contributed by atoms with Crippen molar-refractivity contribution >= 4 is 11.9 Å². The zero-order valence-electron chi connectivity index (χ0n) is 20.0. The fourth-order valence-electron chi connectivity index (χ4n) is 5.43. The van der Waals surface area contributed by atoms with Crippen LogP contribution in [0.25, 0.3) is 11.5 Å². The van der Waals surface area contributed by atoms with E-state index in [1.54, 1.807) is 0 Å². The number of imide groups is 1. The summed E-state index contributed by atoms with van der Waals surface area (Å²) in [6, 6.07) is 7.32. The Kier molecular flexibility index (Phi) is 6.59. The molecule has 3 aliphatic rings. The predicted octanol–water partition coefficient (Wildman–Crippen LogP) is 4.55. The van der Waals surface area contributed by atoms with Gasteiger partial charge in [-0.25, -0.2) is 9.78 Å². The molecule has 3 heterocycles. The topological polar surface area (TPSA) is 85.1 Å². The summed E-state index contributed by atoms with van der Waals surface area (Å²) < 4.78 is 17.2. The number of oxazole rings is 1. The van der Waals surface area contributed by atoms with E-state index in [0.29, 0.717) is 38.0 Å². The second-order valence-electron chi connectivity index (χ2n) is 9.43. The molecule has 34 heavy (non-hydrogen) atoms. The smallest absolute Gasteiger partial charge is 0.327 e. The summed E-state index contributed by atoms with van der Waals surface area (Å²) in [6.07, 6.45) is 5.52. The number of ether oxygens (including phenoxy) is 2. The largest absolute Gasteiger partial charge is 0.494 e. The number of aryl methyl sites for hydroxylation is 1. The molecule has 8 nitrogen and oxygen atoms in total. The van der Waals surface area contributed by atoms with Crippen molar-refractivity contribution in [1.82, 2.24) is 14.8 Å². The summed E-state index contributed by atoms with van der Waals surface area (Å²) in [5.41, 5.74) is 1.58. The van der Waals surface area contributed by atoms with Gasteiger partial charge in [0.25, 0.3) is 0 Å². The average Bonchev–Trinajstić information content (AvgIpc) is 3.50. The molecule has 0 N–H and O–H groups in total. The Balaban J connectivity index is 1.38. The molecule has 0 spiro atoms. The summed E-state index contributed by atoms with van der Waals surface area (Å²) in [7, 11) is 0. The van der Waals surface area contributed by atoms with Crippen molar-refractivity contribution in [3.8, 4) is 17.2 Å². The van der Waals surface area contributed by atoms with Gasteiger partial charge in [-0.1, -0.05) is 12.8 Å². The van der Waals surface area contributed by atoms with E-state index in [9.17, 15) is 9.59 Å². The highest BCUT2D eigenvalue weighted by molar-refractivity contribution is 5.98. The minimum absolute atomic E-state index is 0.0339. The summed E-state index contributed by atoms with van der Waals surface area (Å²) in [4.78, 5) is 34.9. The lowest BCUT2D eigenvalue weighted by Crippen LogP contribution is -2.63. The second-order valence-corrected chi connectivity index (χ2v) is 9.43. The molecule has 3 unspecified atom stereocenters. The SMILES string of the molecule is CCOc1ccc(-c2nc(CN3C(=O)N(CC4CCCO4)C(=O)C4CCCCC43)c(C)o2)cc1. The van der Waals surface area contributed by atoms with Crippen molar-refractivity contribution in [3.05, 3.63) is 35.7 Å². The van der Waals surface area contributed by atoms with Crippen LogP contribution in [0.3, 0.4) is 0 Å². The molecule has 1 aliphatic carbocycles. The molecule has 2 aromatic rings. The standard InChI is InChI=1S/C26H33N3O5/c1-3-32-19-12-10-18(11-13-19)24-27-22(17(2)34-24)16-28-23-9-5-4-8-21(23)25(30)29(26(28)31)15-20-7-6-14-33-20/h10-13,20-21,23H,3-9,14-16H2,1-2H3. The first kappa shape index (κ1) is 22.9. The highest BCUT2D eigenvalue weighted by Gasteiger charge is 2.47. The van der Waals surface area contributed by atoms with Crippen LogP contribution in [-0.2, 0) is 16.1 Å². The highest BCUT2D eigenvalue weighted by Crippen LogP contribution is 2.36. The summed E-state index contributed by atoms with van der Waals surface area (Å²) in [5.74, 6) is 1.83. The number of benzene rings is 1. The number of rotatable bonds is 7. The Morgan fingerprint density at radius 2 is 1.88 bits per heavy atom. The van der Waals surface area contributed by atoms with Crippen molar-refractivity contribution in [2.45, 2.75) is 71.1 Å². The van der Waals surface area contributed by atoms with E-state index in [4.69, 9.17) is 18.9 Å². The van der Waals surface area contributed by atoms with E-state index >= 15 is 0 Å². The van der Waals surface area contributed by atoms with Gasteiger partial charge in [-0.2, -0.15) is 0 Å². The van der Waals surface area contributed by atoms with E-state index in [1.165, 1.54) is 4.90 Å². The Bertz CT molecular complexity index is 1030. The molecule has 1 aromatic heterocycles. The molecule has 2 aliphatic heterocycles. The molecular weight excluding hydrogens is 434 g/mol. The van der Waals surface area contributed by atoms with E-state index in [0.717, 1.165) is 55.5 Å². The molecule has 3 atom stereocenters. The minimum Gasteiger partial charge on any atom is -0.494 e. The molecule has 2 saturated heterocycles. The Morgan fingerprint density at radius 1 is 1.09 bits per heavy atom. The summed E-state index contributed by atoms with van der Waals surface area (Å²) in [5, 5.41) is 0. The third kappa shape index (κ3) is 4.43. The van der Waals surface area contributed by atoms with Crippen LogP contribution in [0.4, 0.5) is 4.79 Å². The number of carbonyl (C=O) groups excluding carboxylic acids is 2. The highest BCUT2D eigenvalue weighted by atomic mass is 16.5. The molecule has 1 saturated carbocycles. The minimum atomic E-state index is -0.228. The summed E-state index contributed by atoms with van der Waals surface area (Å²) in [6.45, 7) is 5.81. The second kappa shape index (κ2) is 9.78. The quantitative estimate of drug-likeness (QED) is 0.594. The van der Waals surface area contributed by atoms with Gasteiger partial charge in [0, 0.05) is 18.2 Å². The maximum Gasteiger partial charge on any atom is 0.327 e. The zero-order chi connectivity index (χ0) is 23.7. The van der Waals surface area contributed by atoms with Crippen molar-refractivity contribution in [3.63, 3.8) is 0 Å². The number of aromatic nitrogens is 1. The molecular formula is C26H33N3O5. The molecule has 0 radical (unpaired) electrons. The third-order valence-corrected chi connectivity index (χ3v) is 7.22. The van der Waals surface area contributed by atoms with Crippen LogP contribution in [0.2, 0.25) is 0 Å². The van der Waals surface area contributed by atoms with Crippen molar-refractivity contribution in [2.75, 3.05) is 19.8 Å². The van der Waals surface area contributed by atoms with Gasteiger partial charge >= 0.3 is 6.03 Å². The zero-order valence-corrected chi connectivity index (χ0v) is 20.0. The van der Waals surface area contributed by atoms with Crippen molar-refractivity contribution in [2.24, 2.45) is 5.92 Å². The molecule has 1 aromatic carbocycles. The van der Waals surface area contributed by atoms with Crippen LogP contribution in [-0.4, -0.2) is 58.6 Å². The Morgan fingerprint density at radius 3 is 2.62 bits per heavy atom.